The summed E-state index contributed by atoms with van der Waals surface area (Å²) in [6, 6.07) is 7.23. The van der Waals surface area contributed by atoms with Crippen molar-refractivity contribution in [2.75, 3.05) is 13.1 Å². The Morgan fingerprint density at radius 2 is 1.93 bits per heavy atom. The van der Waals surface area contributed by atoms with Crippen LogP contribution in [0.3, 0.4) is 0 Å². The van der Waals surface area contributed by atoms with Gasteiger partial charge >= 0.3 is 0 Å². The summed E-state index contributed by atoms with van der Waals surface area (Å²) in [6.07, 6.45) is 6.60. The third-order valence-corrected chi connectivity index (χ3v) is 7.09. The standard InChI is InChI=1S/C22H25Cl2N3O2/c1-15(28)20-6-10-27(25-20)21(29)16-4-7-22(8-5-16)9-11-26(14-22)13-17-12-18(23)2-3-19(17)24/h2-3,6,10,12,16H,4-5,7-9,11,13-14H2,1H3. The quantitative estimate of drug-likeness (QED) is 0.628. The SMILES string of the molecule is CC(=O)c1ccn(C(=O)C2CCC3(CC2)CCN(Cc2cc(Cl)ccc2Cl)C3)n1. The molecule has 5 nitrogen and oxygen atoms in total. The van der Waals surface area contributed by atoms with Crippen LogP contribution in [-0.4, -0.2) is 39.5 Å². The van der Waals surface area contributed by atoms with Crippen LogP contribution in [-0.2, 0) is 6.54 Å². The van der Waals surface area contributed by atoms with Crippen LogP contribution in [0.25, 0.3) is 0 Å². The lowest BCUT2D eigenvalue weighted by atomic mass is 9.70. The van der Waals surface area contributed by atoms with Crippen molar-refractivity contribution < 1.29 is 9.59 Å². The molecule has 7 heteroatoms. The van der Waals surface area contributed by atoms with Gasteiger partial charge in [-0.2, -0.15) is 5.10 Å². The number of halogens is 2. The second-order valence-electron chi connectivity index (χ2n) is 8.51. The summed E-state index contributed by atoms with van der Waals surface area (Å²) in [5, 5.41) is 5.60. The number of Topliss-reactive ketones (excluding diaryl/α,β-unsaturated/α-hetero) is 1. The number of nitrogens with zero attached hydrogens (tertiary/aromatic N) is 3. The van der Waals surface area contributed by atoms with E-state index in [9.17, 15) is 9.59 Å². The van der Waals surface area contributed by atoms with Gasteiger partial charge in [-0.05, 0) is 73.9 Å². The molecule has 0 amide bonds. The Kier molecular flexibility index (Phi) is 5.83. The number of hydrogen-bond acceptors (Lipinski definition) is 4. The molecule has 2 fully saturated rings. The highest BCUT2D eigenvalue weighted by atomic mass is 35.5. The number of likely N-dealkylation sites (tertiary alicyclic amines) is 1. The molecule has 1 aliphatic carbocycles. The van der Waals surface area contributed by atoms with Gasteiger partial charge in [0.1, 0.15) is 5.69 Å². The van der Waals surface area contributed by atoms with E-state index in [2.05, 4.69) is 10.00 Å². The van der Waals surface area contributed by atoms with Gasteiger partial charge in [-0.3, -0.25) is 14.5 Å². The lowest BCUT2D eigenvalue weighted by molar-refractivity contribution is 0.0705. The summed E-state index contributed by atoms with van der Waals surface area (Å²) < 4.78 is 1.35. The van der Waals surface area contributed by atoms with Crippen LogP contribution in [0, 0.1) is 11.3 Å². The second kappa shape index (κ2) is 8.21. The largest absolute Gasteiger partial charge is 0.298 e. The summed E-state index contributed by atoms with van der Waals surface area (Å²) in [7, 11) is 0. The maximum atomic E-state index is 12.8. The molecule has 2 aliphatic rings. The van der Waals surface area contributed by atoms with Crippen LogP contribution in [0.5, 0.6) is 0 Å². The molecule has 0 radical (unpaired) electrons. The van der Waals surface area contributed by atoms with Crippen molar-refractivity contribution in [1.82, 2.24) is 14.7 Å². The molecule has 1 saturated heterocycles. The van der Waals surface area contributed by atoms with Crippen molar-refractivity contribution >= 4 is 34.9 Å². The van der Waals surface area contributed by atoms with Gasteiger partial charge in [-0.15, -0.1) is 0 Å². The van der Waals surface area contributed by atoms with Gasteiger partial charge < -0.3 is 0 Å². The average molecular weight is 434 g/mol. The van der Waals surface area contributed by atoms with E-state index in [-0.39, 0.29) is 23.0 Å². The van der Waals surface area contributed by atoms with Gasteiger partial charge in [0.05, 0.1) is 0 Å². The van der Waals surface area contributed by atoms with Crippen molar-refractivity contribution in [2.45, 2.75) is 45.6 Å². The summed E-state index contributed by atoms with van der Waals surface area (Å²) >= 11 is 12.5. The molecule has 0 N–H and O–H groups in total. The molecule has 1 spiro atoms. The Hall–Kier alpha value is -1.69. The van der Waals surface area contributed by atoms with Gasteiger partial charge in [-0.25, -0.2) is 4.68 Å². The maximum absolute atomic E-state index is 12.8. The Bertz CT molecular complexity index is 932. The monoisotopic (exact) mass is 433 g/mol. The highest BCUT2D eigenvalue weighted by Crippen LogP contribution is 2.46. The number of ketones is 1. The lowest BCUT2D eigenvalue weighted by Crippen LogP contribution is -2.35. The number of benzene rings is 1. The minimum atomic E-state index is -0.120. The minimum Gasteiger partial charge on any atom is -0.298 e. The van der Waals surface area contributed by atoms with E-state index in [1.807, 2.05) is 18.2 Å². The summed E-state index contributed by atoms with van der Waals surface area (Å²) in [4.78, 5) is 26.6. The molecule has 154 valence electrons. The van der Waals surface area contributed by atoms with E-state index >= 15 is 0 Å². The van der Waals surface area contributed by atoms with Crippen LogP contribution >= 0.6 is 23.2 Å². The Morgan fingerprint density at radius 1 is 1.17 bits per heavy atom. The van der Waals surface area contributed by atoms with E-state index in [0.29, 0.717) is 10.7 Å². The first-order valence-electron chi connectivity index (χ1n) is 10.1. The maximum Gasteiger partial charge on any atom is 0.249 e. The fourth-order valence-corrected chi connectivity index (χ4v) is 5.15. The Morgan fingerprint density at radius 3 is 2.62 bits per heavy atom. The zero-order valence-corrected chi connectivity index (χ0v) is 18.0. The van der Waals surface area contributed by atoms with E-state index in [4.69, 9.17) is 23.2 Å². The van der Waals surface area contributed by atoms with Crippen LogP contribution in [0.15, 0.2) is 30.5 Å². The molecule has 0 bridgehead atoms. The van der Waals surface area contributed by atoms with E-state index in [0.717, 1.165) is 62.3 Å². The topological polar surface area (TPSA) is 55.2 Å². The molecule has 2 aromatic rings. The third kappa shape index (κ3) is 4.42. The number of hydrogen-bond donors (Lipinski definition) is 0. The number of aromatic nitrogens is 2. The first kappa shape index (κ1) is 20.6. The van der Waals surface area contributed by atoms with Gasteiger partial charge in [0.15, 0.2) is 5.78 Å². The number of carbonyl (C=O) groups is 2. The van der Waals surface area contributed by atoms with Gasteiger partial charge in [0, 0.05) is 42.2 Å². The number of rotatable bonds is 4. The highest BCUT2D eigenvalue weighted by molar-refractivity contribution is 6.33. The van der Waals surface area contributed by atoms with Gasteiger partial charge in [-0.1, -0.05) is 23.2 Å². The zero-order chi connectivity index (χ0) is 20.6. The van der Waals surface area contributed by atoms with Crippen LogP contribution < -0.4 is 0 Å². The molecular weight excluding hydrogens is 409 g/mol. The third-order valence-electron chi connectivity index (χ3n) is 6.49. The lowest BCUT2D eigenvalue weighted by Gasteiger charge is -2.36. The molecule has 1 aliphatic heterocycles. The normalized spacial score (nSPS) is 24.9. The predicted molar refractivity (Wildman–Crippen MR) is 114 cm³/mol. The highest BCUT2D eigenvalue weighted by Gasteiger charge is 2.42. The van der Waals surface area contributed by atoms with E-state index in [1.165, 1.54) is 11.6 Å². The first-order valence-corrected chi connectivity index (χ1v) is 10.9. The zero-order valence-electron chi connectivity index (χ0n) is 16.5. The molecule has 1 aromatic carbocycles. The van der Waals surface area contributed by atoms with Crippen molar-refractivity contribution in [3.05, 3.63) is 51.8 Å². The Labute approximate surface area is 181 Å². The van der Waals surface area contributed by atoms with Crippen molar-refractivity contribution in [3.63, 3.8) is 0 Å². The van der Waals surface area contributed by atoms with Crippen LogP contribution in [0.1, 0.15) is 59.9 Å². The molecule has 2 heterocycles. The van der Waals surface area contributed by atoms with Crippen LogP contribution in [0.2, 0.25) is 10.0 Å². The summed E-state index contributed by atoms with van der Waals surface area (Å²) in [5.41, 5.74) is 1.70. The van der Waals surface area contributed by atoms with Crippen molar-refractivity contribution in [2.24, 2.45) is 11.3 Å². The smallest absolute Gasteiger partial charge is 0.249 e. The van der Waals surface area contributed by atoms with Gasteiger partial charge in [0.2, 0.25) is 5.91 Å². The molecule has 0 atom stereocenters. The Balaban J connectivity index is 1.35. The molecule has 0 unspecified atom stereocenters. The van der Waals surface area contributed by atoms with Crippen LogP contribution in [0.4, 0.5) is 0 Å². The second-order valence-corrected chi connectivity index (χ2v) is 9.35. The van der Waals surface area contributed by atoms with E-state index < -0.39 is 0 Å². The molecular formula is C22H25Cl2N3O2. The molecule has 4 rings (SSSR count). The summed E-state index contributed by atoms with van der Waals surface area (Å²) in [5.74, 6) is -0.130. The fraction of sp³-hybridized carbons (Fsp3) is 0.500. The van der Waals surface area contributed by atoms with Gasteiger partial charge in [0.25, 0.3) is 0 Å². The minimum absolute atomic E-state index is 0.00733. The van der Waals surface area contributed by atoms with Crippen molar-refractivity contribution in [1.29, 1.82) is 0 Å². The average Bonchev–Trinajstić information content (AvgIpc) is 3.33. The summed E-state index contributed by atoms with van der Waals surface area (Å²) in [6.45, 7) is 4.35. The van der Waals surface area contributed by atoms with Crippen molar-refractivity contribution in [3.8, 4) is 0 Å². The molecule has 29 heavy (non-hydrogen) atoms. The number of carbonyl (C=O) groups excluding carboxylic acids is 2. The van der Waals surface area contributed by atoms with E-state index in [1.54, 1.807) is 12.3 Å². The predicted octanol–water partition coefficient (Wildman–Crippen LogP) is 5.12. The molecule has 1 aromatic heterocycles. The fourth-order valence-electron chi connectivity index (χ4n) is 4.77. The molecule has 1 saturated carbocycles. The first-order chi connectivity index (χ1) is 13.8.